The molecule has 2 aliphatic rings. The maximum Gasteiger partial charge on any atom is 0.331 e. The number of methoxy groups -OCH3 is 1. The Morgan fingerprint density at radius 1 is 1.37 bits per heavy atom. The number of nitrogens with one attached hydrogen (secondary N) is 1. The van der Waals surface area contributed by atoms with Crippen molar-refractivity contribution in [3.8, 4) is 0 Å². The second kappa shape index (κ2) is 8.33. The fourth-order valence-electron chi connectivity index (χ4n) is 3.41. The van der Waals surface area contributed by atoms with Crippen LogP contribution in [-0.4, -0.2) is 47.3 Å². The second-order valence-electron chi connectivity index (χ2n) is 6.57. The first-order chi connectivity index (χ1) is 12.9. The number of ether oxygens (including phenoxy) is 2. The van der Waals surface area contributed by atoms with Crippen molar-refractivity contribution in [1.82, 2.24) is 5.32 Å². The second-order valence-corrected chi connectivity index (χ2v) is 8.52. The number of carbonyl (C=O) groups is 1. The number of halogens is 1. The van der Waals surface area contributed by atoms with E-state index in [2.05, 4.69) is 10.1 Å². The molecule has 3 atom stereocenters. The van der Waals surface area contributed by atoms with Crippen molar-refractivity contribution in [2.45, 2.75) is 17.4 Å². The summed E-state index contributed by atoms with van der Waals surface area (Å²) in [6.45, 7) is 1.42. The summed E-state index contributed by atoms with van der Waals surface area (Å²) in [5.74, 6) is -0.935. The standard InChI is InChI=1S/C19H22FNO5S/c1-25-19(22)12-26-18-10-16(5-6-17(18)13-7-8-21-11-13)27(23,24)15-4-2-3-14(20)9-15/h2-6,9-10,13,17-18,21H,7-8,11-12H2,1H3/t13-,17?,18?/m1/s1. The molecule has 27 heavy (non-hydrogen) atoms. The maximum absolute atomic E-state index is 13.5. The molecule has 0 saturated carbocycles. The van der Waals surface area contributed by atoms with Gasteiger partial charge in [0.25, 0.3) is 0 Å². The lowest BCUT2D eigenvalue weighted by Gasteiger charge is -2.30. The van der Waals surface area contributed by atoms with E-state index in [0.717, 1.165) is 25.6 Å². The zero-order valence-electron chi connectivity index (χ0n) is 14.9. The summed E-state index contributed by atoms with van der Waals surface area (Å²) in [4.78, 5) is 11.4. The highest BCUT2D eigenvalue weighted by Crippen LogP contribution is 2.33. The number of hydrogen-bond acceptors (Lipinski definition) is 6. The molecule has 1 fully saturated rings. The zero-order valence-corrected chi connectivity index (χ0v) is 15.7. The van der Waals surface area contributed by atoms with Gasteiger partial charge in [-0.05, 0) is 55.8 Å². The maximum atomic E-state index is 13.5. The topological polar surface area (TPSA) is 81.7 Å². The van der Waals surface area contributed by atoms with Crippen LogP contribution in [0.2, 0.25) is 0 Å². The van der Waals surface area contributed by atoms with Crippen LogP contribution in [0.1, 0.15) is 6.42 Å². The summed E-state index contributed by atoms with van der Waals surface area (Å²) < 4.78 is 49.5. The molecule has 0 aromatic heterocycles. The molecule has 1 aliphatic heterocycles. The lowest BCUT2D eigenvalue weighted by molar-refractivity contribution is -0.148. The van der Waals surface area contributed by atoms with E-state index in [9.17, 15) is 17.6 Å². The van der Waals surface area contributed by atoms with E-state index in [0.29, 0.717) is 0 Å². The summed E-state index contributed by atoms with van der Waals surface area (Å²) in [5, 5.41) is 3.28. The van der Waals surface area contributed by atoms with Crippen LogP contribution in [0, 0.1) is 17.7 Å². The highest BCUT2D eigenvalue weighted by atomic mass is 32.2. The minimum absolute atomic E-state index is 0.0326. The third-order valence-electron chi connectivity index (χ3n) is 4.87. The van der Waals surface area contributed by atoms with Crippen LogP contribution in [0.25, 0.3) is 0 Å². The van der Waals surface area contributed by atoms with Gasteiger partial charge in [0.1, 0.15) is 12.4 Å². The average Bonchev–Trinajstić information content (AvgIpc) is 3.20. The lowest BCUT2D eigenvalue weighted by atomic mass is 9.84. The first-order valence-electron chi connectivity index (χ1n) is 8.71. The molecule has 1 heterocycles. The molecule has 1 N–H and O–H groups in total. The van der Waals surface area contributed by atoms with E-state index in [4.69, 9.17) is 4.74 Å². The van der Waals surface area contributed by atoms with Gasteiger partial charge in [-0.2, -0.15) is 0 Å². The van der Waals surface area contributed by atoms with Crippen LogP contribution in [0.15, 0.2) is 52.3 Å². The number of carbonyl (C=O) groups excluding carboxylic acids is 1. The lowest BCUT2D eigenvalue weighted by Crippen LogP contribution is -2.33. The van der Waals surface area contributed by atoms with Crippen molar-refractivity contribution in [2.24, 2.45) is 11.8 Å². The molecule has 6 nitrogen and oxygen atoms in total. The number of hydrogen-bond donors (Lipinski definition) is 1. The highest BCUT2D eigenvalue weighted by molar-refractivity contribution is 7.95. The zero-order chi connectivity index (χ0) is 19.4. The first-order valence-corrected chi connectivity index (χ1v) is 10.2. The minimum Gasteiger partial charge on any atom is -0.467 e. The predicted molar refractivity (Wildman–Crippen MR) is 97.0 cm³/mol. The van der Waals surface area contributed by atoms with Gasteiger partial charge < -0.3 is 14.8 Å². The fraction of sp³-hybridized carbons (Fsp3) is 0.421. The Bertz CT molecular complexity index is 859. The number of rotatable bonds is 6. The summed E-state index contributed by atoms with van der Waals surface area (Å²) >= 11 is 0. The molecule has 146 valence electrons. The third-order valence-corrected chi connectivity index (χ3v) is 6.64. The van der Waals surface area contributed by atoms with Crippen LogP contribution in [0.4, 0.5) is 4.39 Å². The molecular formula is C19H22FNO5S. The Morgan fingerprint density at radius 2 is 2.19 bits per heavy atom. The summed E-state index contributed by atoms with van der Waals surface area (Å²) in [7, 11) is -2.62. The van der Waals surface area contributed by atoms with Crippen LogP contribution < -0.4 is 5.32 Å². The van der Waals surface area contributed by atoms with Gasteiger partial charge in [0.2, 0.25) is 9.84 Å². The van der Waals surface area contributed by atoms with Gasteiger partial charge in [-0.1, -0.05) is 12.1 Å². The van der Waals surface area contributed by atoms with Crippen LogP contribution in [0.5, 0.6) is 0 Å². The molecule has 1 saturated heterocycles. The SMILES string of the molecule is COC(=O)COC1C=C(S(=O)(=O)c2cccc(F)c2)C=CC1[C@@H]1CCNC1. The molecule has 0 radical (unpaired) electrons. The molecule has 2 unspecified atom stereocenters. The Morgan fingerprint density at radius 3 is 2.85 bits per heavy atom. The van der Waals surface area contributed by atoms with Gasteiger partial charge in [-0.15, -0.1) is 0 Å². The van der Waals surface area contributed by atoms with Crippen molar-refractivity contribution in [3.63, 3.8) is 0 Å². The van der Waals surface area contributed by atoms with Crippen molar-refractivity contribution in [1.29, 1.82) is 0 Å². The highest BCUT2D eigenvalue weighted by Gasteiger charge is 2.34. The van der Waals surface area contributed by atoms with Gasteiger partial charge in [0, 0.05) is 5.92 Å². The fourth-order valence-corrected chi connectivity index (χ4v) is 4.78. The number of benzene rings is 1. The first kappa shape index (κ1) is 19.7. The normalized spacial score (nSPS) is 25.3. The van der Waals surface area contributed by atoms with E-state index in [-0.39, 0.29) is 28.2 Å². The molecule has 1 aliphatic carbocycles. The van der Waals surface area contributed by atoms with E-state index in [1.165, 1.54) is 31.4 Å². The minimum atomic E-state index is -3.89. The van der Waals surface area contributed by atoms with Crippen molar-refractivity contribution in [2.75, 3.05) is 26.8 Å². The van der Waals surface area contributed by atoms with E-state index < -0.39 is 27.7 Å². The Labute approximate surface area is 158 Å². The van der Waals surface area contributed by atoms with Crippen LogP contribution in [-0.2, 0) is 24.1 Å². The molecular weight excluding hydrogens is 373 g/mol. The van der Waals surface area contributed by atoms with Gasteiger partial charge in [-0.25, -0.2) is 17.6 Å². The summed E-state index contributed by atoms with van der Waals surface area (Å²) in [5.41, 5.74) is 0. The monoisotopic (exact) mass is 395 g/mol. The molecule has 3 rings (SSSR count). The van der Waals surface area contributed by atoms with Gasteiger partial charge in [0.05, 0.1) is 23.0 Å². The van der Waals surface area contributed by atoms with E-state index >= 15 is 0 Å². The smallest absolute Gasteiger partial charge is 0.331 e. The third kappa shape index (κ3) is 4.45. The summed E-state index contributed by atoms with van der Waals surface area (Å²) in [6.07, 6.45) is 5.21. The quantitative estimate of drug-likeness (QED) is 0.741. The van der Waals surface area contributed by atoms with Crippen LogP contribution in [0.3, 0.4) is 0 Å². The van der Waals surface area contributed by atoms with Gasteiger partial charge in [-0.3, -0.25) is 0 Å². The van der Waals surface area contributed by atoms with Gasteiger partial charge in [0.15, 0.2) is 0 Å². The summed E-state index contributed by atoms with van der Waals surface area (Å²) in [6, 6.07) is 4.88. The van der Waals surface area contributed by atoms with Gasteiger partial charge >= 0.3 is 5.97 Å². The largest absolute Gasteiger partial charge is 0.467 e. The van der Waals surface area contributed by atoms with E-state index in [1.54, 1.807) is 6.08 Å². The number of sulfone groups is 1. The Hall–Kier alpha value is -2.03. The molecule has 0 bridgehead atoms. The molecule has 0 spiro atoms. The Balaban J connectivity index is 1.88. The molecule has 0 amide bonds. The Kier molecular flexibility index (Phi) is 6.08. The number of allylic oxidation sites excluding steroid dienone is 1. The van der Waals surface area contributed by atoms with Crippen LogP contribution >= 0.6 is 0 Å². The molecule has 1 aromatic carbocycles. The van der Waals surface area contributed by atoms with Crippen molar-refractivity contribution in [3.05, 3.63) is 53.2 Å². The average molecular weight is 395 g/mol. The van der Waals surface area contributed by atoms with E-state index in [1.807, 2.05) is 6.08 Å². The predicted octanol–water partition coefficient (Wildman–Crippen LogP) is 1.84. The van der Waals surface area contributed by atoms with Crippen molar-refractivity contribution >= 4 is 15.8 Å². The van der Waals surface area contributed by atoms with Crippen molar-refractivity contribution < 1.29 is 27.1 Å². The molecule has 8 heteroatoms. The number of esters is 1. The molecule has 1 aromatic rings.